The Morgan fingerprint density at radius 2 is 1.84 bits per heavy atom. The molecule has 140 valence electrons. The maximum atomic E-state index is 12.7. The van der Waals surface area contributed by atoms with Crippen LogP contribution in [-0.2, 0) is 4.74 Å². The highest BCUT2D eigenvalue weighted by molar-refractivity contribution is 6.02. The Morgan fingerprint density at radius 1 is 1.20 bits per heavy atom. The summed E-state index contributed by atoms with van der Waals surface area (Å²) in [7, 11) is 0. The smallest absolute Gasteiger partial charge is 0.357 e. The summed E-state index contributed by atoms with van der Waals surface area (Å²) in [5.41, 5.74) is 0.330. The number of imidazole rings is 1. The van der Waals surface area contributed by atoms with E-state index >= 15 is 0 Å². The number of halogens is 1. The quantitative estimate of drug-likeness (QED) is 0.790. The number of ether oxygens (including phenoxy) is 1. The molecule has 0 aromatic carbocycles. The summed E-state index contributed by atoms with van der Waals surface area (Å²) < 4.78 is 4.97. The first-order valence-electron chi connectivity index (χ1n) is 8.91. The number of nitrogens with zero attached hydrogens (tertiary/aromatic N) is 2. The minimum Gasteiger partial charge on any atom is -0.461 e. The molecule has 2 N–H and O–H groups in total. The van der Waals surface area contributed by atoms with Gasteiger partial charge in [-0.25, -0.2) is 9.78 Å². The van der Waals surface area contributed by atoms with E-state index < -0.39 is 5.97 Å². The average molecular weight is 371 g/mol. The molecule has 0 atom stereocenters. The SMILES string of the molecule is CCOC(=O)c1[nH]cnc1C(=O)N1CCC(C2CCNCC2)CC1.Cl. The van der Waals surface area contributed by atoms with Crippen molar-refractivity contribution in [2.24, 2.45) is 11.8 Å². The normalized spacial score (nSPS) is 19.3. The molecule has 2 saturated heterocycles. The molecule has 8 heteroatoms. The number of likely N-dealkylation sites (tertiary alicyclic amines) is 1. The van der Waals surface area contributed by atoms with E-state index in [0.717, 1.165) is 44.9 Å². The minimum absolute atomic E-state index is 0. The molecule has 1 amide bonds. The second kappa shape index (κ2) is 9.20. The fourth-order valence-electron chi connectivity index (χ4n) is 3.85. The first-order chi connectivity index (χ1) is 11.7. The maximum absolute atomic E-state index is 12.7. The van der Waals surface area contributed by atoms with Gasteiger partial charge in [0.25, 0.3) is 5.91 Å². The number of rotatable bonds is 4. The minimum atomic E-state index is -0.525. The monoisotopic (exact) mass is 370 g/mol. The van der Waals surface area contributed by atoms with Crippen molar-refractivity contribution in [2.45, 2.75) is 32.6 Å². The number of nitrogens with one attached hydrogen (secondary N) is 2. The number of piperidine rings is 2. The molecule has 3 rings (SSSR count). The van der Waals surface area contributed by atoms with Gasteiger partial charge in [-0.3, -0.25) is 4.79 Å². The van der Waals surface area contributed by atoms with Crippen molar-refractivity contribution in [3.8, 4) is 0 Å². The van der Waals surface area contributed by atoms with Gasteiger partial charge in [-0.2, -0.15) is 0 Å². The van der Waals surface area contributed by atoms with Crippen LogP contribution in [0.5, 0.6) is 0 Å². The predicted octanol–water partition coefficient (Wildman–Crippen LogP) is 1.86. The number of carbonyl (C=O) groups excluding carboxylic acids is 2. The van der Waals surface area contributed by atoms with Crippen molar-refractivity contribution >= 4 is 24.3 Å². The first-order valence-corrected chi connectivity index (χ1v) is 8.91. The van der Waals surface area contributed by atoms with Gasteiger partial charge < -0.3 is 19.9 Å². The molecule has 2 fully saturated rings. The number of hydrogen-bond acceptors (Lipinski definition) is 5. The third-order valence-corrected chi connectivity index (χ3v) is 5.20. The summed E-state index contributed by atoms with van der Waals surface area (Å²) in [5, 5.41) is 3.41. The summed E-state index contributed by atoms with van der Waals surface area (Å²) >= 11 is 0. The van der Waals surface area contributed by atoms with E-state index in [1.54, 1.807) is 6.92 Å². The summed E-state index contributed by atoms with van der Waals surface area (Å²) in [5.74, 6) is 0.787. The molecular formula is C17H27ClN4O3. The highest BCUT2D eigenvalue weighted by atomic mass is 35.5. The summed E-state index contributed by atoms with van der Waals surface area (Å²) in [6.07, 6.45) is 5.93. The van der Waals surface area contributed by atoms with Crippen LogP contribution in [0.25, 0.3) is 0 Å². The molecule has 1 aromatic rings. The number of amides is 1. The van der Waals surface area contributed by atoms with Gasteiger partial charge in [0, 0.05) is 13.1 Å². The zero-order chi connectivity index (χ0) is 16.9. The zero-order valence-corrected chi connectivity index (χ0v) is 15.4. The third-order valence-electron chi connectivity index (χ3n) is 5.20. The van der Waals surface area contributed by atoms with Crippen molar-refractivity contribution in [1.29, 1.82) is 0 Å². The van der Waals surface area contributed by atoms with Crippen LogP contribution in [0.1, 0.15) is 53.6 Å². The lowest BCUT2D eigenvalue weighted by atomic mass is 9.79. The Labute approximate surface area is 154 Å². The lowest BCUT2D eigenvalue weighted by molar-refractivity contribution is 0.0505. The molecule has 3 heterocycles. The standard InChI is InChI=1S/C17H26N4O3.ClH/c1-2-24-17(23)15-14(19-11-20-15)16(22)21-9-5-13(6-10-21)12-3-7-18-8-4-12;/h11-13,18H,2-10H2,1H3,(H,19,20);1H. The molecule has 0 aliphatic carbocycles. The van der Waals surface area contributed by atoms with Crippen LogP contribution < -0.4 is 5.32 Å². The third kappa shape index (κ3) is 4.52. The van der Waals surface area contributed by atoms with E-state index in [9.17, 15) is 9.59 Å². The van der Waals surface area contributed by atoms with Crippen LogP contribution in [0.2, 0.25) is 0 Å². The molecule has 2 aliphatic rings. The average Bonchev–Trinajstić information content (AvgIpc) is 3.12. The van der Waals surface area contributed by atoms with E-state index in [0.29, 0.717) is 5.92 Å². The van der Waals surface area contributed by atoms with E-state index in [2.05, 4.69) is 15.3 Å². The molecule has 25 heavy (non-hydrogen) atoms. The second-order valence-electron chi connectivity index (χ2n) is 6.56. The van der Waals surface area contributed by atoms with Crippen LogP contribution in [0, 0.1) is 11.8 Å². The van der Waals surface area contributed by atoms with Crippen LogP contribution in [0.15, 0.2) is 6.33 Å². The van der Waals surface area contributed by atoms with Gasteiger partial charge in [-0.1, -0.05) is 0 Å². The largest absolute Gasteiger partial charge is 0.461 e. The van der Waals surface area contributed by atoms with Gasteiger partial charge in [-0.15, -0.1) is 12.4 Å². The number of hydrogen-bond donors (Lipinski definition) is 2. The molecule has 7 nitrogen and oxygen atoms in total. The zero-order valence-electron chi connectivity index (χ0n) is 14.6. The van der Waals surface area contributed by atoms with Gasteiger partial charge in [0.05, 0.1) is 12.9 Å². The summed E-state index contributed by atoms with van der Waals surface area (Å²) in [6, 6.07) is 0. The van der Waals surface area contributed by atoms with E-state index in [1.165, 1.54) is 19.2 Å². The Kier molecular flexibility index (Phi) is 7.25. The van der Waals surface area contributed by atoms with Crippen LogP contribution in [0.3, 0.4) is 0 Å². The molecular weight excluding hydrogens is 344 g/mol. The Bertz CT molecular complexity index is 578. The first kappa shape index (κ1) is 19.7. The predicted molar refractivity (Wildman–Crippen MR) is 96.0 cm³/mol. The summed E-state index contributed by atoms with van der Waals surface area (Å²) in [4.78, 5) is 33.2. The molecule has 0 bridgehead atoms. The van der Waals surface area contributed by atoms with Gasteiger partial charge >= 0.3 is 5.97 Å². The number of carbonyl (C=O) groups is 2. The van der Waals surface area contributed by atoms with Gasteiger partial charge in [0.1, 0.15) is 0 Å². The molecule has 2 aliphatic heterocycles. The molecule has 0 radical (unpaired) electrons. The highest BCUT2D eigenvalue weighted by Crippen LogP contribution is 2.31. The summed E-state index contributed by atoms with van der Waals surface area (Å²) in [6.45, 7) is 5.71. The second-order valence-corrected chi connectivity index (χ2v) is 6.56. The van der Waals surface area contributed by atoms with Crippen LogP contribution in [0.4, 0.5) is 0 Å². The van der Waals surface area contributed by atoms with Crippen molar-refractivity contribution < 1.29 is 14.3 Å². The highest BCUT2D eigenvalue weighted by Gasteiger charge is 2.32. The van der Waals surface area contributed by atoms with Gasteiger partial charge in [0.15, 0.2) is 11.4 Å². The fourth-order valence-corrected chi connectivity index (χ4v) is 3.85. The Hall–Kier alpha value is -1.60. The van der Waals surface area contributed by atoms with E-state index in [4.69, 9.17) is 4.74 Å². The van der Waals surface area contributed by atoms with Crippen molar-refractivity contribution in [3.63, 3.8) is 0 Å². The maximum Gasteiger partial charge on any atom is 0.357 e. The molecule has 0 spiro atoms. The number of aromatic nitrogens is 2. The van der Waals surface area contributed by atoms with E-state index in [-0.39, 0.29) is 36.3 Å². The molecule has 0 unspecified atom stereocenters. The lowest BCUT2D eigenvalue weighted by Gasteiger charge is -2.37. The fraction of sp³-hybridized carbons (Fsp3) is 0.706. The number of esters is 1. The van der Waals surface area contributed by atoms with E-state index in [1.807, 2.05) is 4.90 Å². The van der Waals surface area contributed by atoms with Crippen LogP contribution in [-0.4, -0.2) is 59.5 Å². The number of aromatic amines is 1. The lowest BCUT2D eigenvalue weighted by Crippen LogP contribution is -2.42. The van der Waals surface area contributed by atoms with Crippen LogP contribution >= 0.6 is 12.4 Å². The topological polar surface area (TPSA) is 87.3 Å². The van der Waals surface area contributed by atoms with Gasteiger partial charge in [0.2, 0.25) is 0 Å². The molecule has 0 saturated carbocycles. The number of H-pyrrole nitrogens is 1. The van der Waals surface area contributed by atoms with Crippen molar-refractivity contribution in [3.05, 3.63) is 17.7 Å². The van der Waals surface area contributed by atoms with Gasteiger partial charge in [-0.05, 0) is 57.5 Å². The van der Waals surface area contributed by atoms with Crippen molar-refractivity contribution in [1.82, 2.24) is 20.2 Å². The van der Waals surface area contributed by atoms with Crippen molar-refractivity contribution in [2.75, 3.05) is 32.8 Å². The Balaban J connectivity index is 0.00000225. The Morgan fingerprint density at radius 3 is 2.48 bits per heavy atom. The molecule has 1 aromatic heterocycles.